The van der Waals surface area contributed by atoms with Crippen molar-refractivity contribution in [1.29, 1.82) is 0 Å². The minimum Gasteiger partial charge on any atom is -0.329 e. The van der Waals surface area contributed by atoms with Gasteiger partial charge in [0.1, 0.15) is 0 Å². The number of hydrogen-bond acceptors (Lipinski definition) is 3. The van der Waals surface area contributed by atoms with Gasteiger partial charge in [-0.15, -0.1) is 0 Å². The van der Waals surface area contributed by atoms with Crippen LogP contribution in [0, 0.1) is 17.5 Å². The average molecular weight is 301 g/mol. The second-order valence-electron chi connectivity index (χ2n) is 5.43. The Morgan fingerprint density at radius 1 is 1.10 bits per heavy atom. The van der Waals surface area contributed by atoms with Crippen LogP contribution in [0.5, 0.6) is 0 Å². The zero-order chi connectivity index (χ0) is 15.4. The second-order valence-corrected chi connectivity index (χ2v) is 5.43. The van der Waals surface area contributed by atoms with E-state index < -0.39 is 17.5 Å². The molecule has 1 aliphatic heterocycles. The molecule has 21 heavy (non-hydrogen) atoms. The number of piperazine rings is 1. The molecule has 0 aromatic heterocycles. The van der Waals surface area contributed by atoms with Gasteiger partial charge in [0.15, 0.2) is 17.5 Å². The lowest BCUT2D eigenvalue weighted by atomic mass is 10.0. The van der Waals surface area contributed by atoms with Crippen LogP contribution >= 0.6 is 0 Å². The molecule has 1 aromatic rings. The smallest absolute Gasteiger partial charge is 0.194 e. The maximum Gasteiger partial charge on any atom is 0.194 e. The molecule has 1 fully saturated rings. The average Bonchev–Trinajstić information content (AvgIpc) is 2.47. The van der Waals surface area contributed by atoms with E-state index in [4.69, 9.17) is 5.73 Å². The molecule has 0 bridgehead atoms. The summed E-state index contributed by atoms with van der Waals surface area (Å²) in [7, 11) is 0. The second kappa shape index (κ2) is 7.24. The number of hydrogen-bond donors (Lipinski definition) is 1. The Morgan fingerprint density at radius 3 is 2.14 bits per heavy atom. The van der Waals surface area contributed by atoms with Gasteiger partial charge in [0.2, 0.25) is 0 Å². The van der Waals surface area contributed by atoms with E-state index in [1.54, 1.807) is 0 Å². The lowest BCUT2D eigenvalue weighted by molar-refractivity contribution is 0.0982. The highest BCUT2D eigenvalue weighted by molar-refractivity contribution is 5.23. The Labute approximate surface area is 123 Å². The lowest BCUT2D eigenvalue weighted by Crippen LogP contribution is -2.49. The number of rotatable bonds is 5. The largest absolute Gasteiger partial charge is 0.329 e. The molecule has 1 saturated heterocycles. The normalized spacial score (nSPS) is 18.9. The highest BCUT2D eigenvalue weighted by atomic mass is 19.2. The molecule has 0 aliphatic carbocycles. The molecule has 118 valence electrons. The molecule has 0 radical (unpaired) electrons. The van der Waals surface area contributed by atoms with E-state index in [2.05, 4.69) is 16.7 Å². The van der Waals surface area contributed by atoms with Gasteiger partial charge in [-0.25, -0.2) is 13.2 Å². The fourth-order valence-electron chi connectivity index (χ4n) is 2.88. The molecule has 0 amide bonds. The predicted octanol–water partition coefficient (Wildman–Crippen LogP) is 2.13. The molecular formula is C15H22F3N3. The molecule has 2 rings (SSSR count). The van der Waals surface area contributed by atoms with E-state index in [-0.39, 0.29) is 12.6 Å². The maximum atomic E-state index is 13.4. The van der Waals surface area contributed by atoms with Gasteiger partial charge in [-0.2, -0.15) is 0 Å². The van der Waals surface area contributed by atoms with Gasteiger partial charge in [0, 0.05) is 38.8 Å². The summed E-state index contributed by atoms with van der Waals surface area (Å²) in [6, 6.07) is 1.82. The summed E-state index contributed by atoms with van der Waals surface area (Å²) in [5, 5.41) is 0. The van der Waals surface area contributed by atoms with Crippen LogP contribution in [0.15, 0.2) is 12.1 Å². The third-order valence-electron chi connectivity index (χ3n) is 4.00. The van der Waals surface area contributed by atoms with Crippen molar-refractivity contribution in [2.24, 2.45) is 5.73 Å². The Hall–Kier alpha value is -1.11. The van der Waals surface area contributed by atoms with Crippen LogP contribution in [0.4, 0.5) is 13.2 Å². The number of nitrogens with zero attached hydrogens (tertiary/aromatic N) is 2. The number of benzene rings is 1. The third kappa shape index (κ3) is 3.75. The first-order valence-electron chi connectivity index (χ1n) is 7.37. The van der Waals surface area contributed by atoms with Gasteiger partial charge in [0.25, 0.3) is 0 Å². The van der Waals surface area contributed by atoms with Gasteiger partial charge >= 0.3 is 0 Å². The van der Waals surface area contributed by atoms with Crippen molar-refractivity contribution in [2.75, 3.05) is 39.3 Å². The van der Waals surface area contributed by atoms with Crippen LogP contribution < -0.4 is 5.73 Å². The number of nitrogens with two attached hydrogens (primary N) is 1. The van der Waals surface area contributed by atoms with Crippen LogP contribution in [-0.4, -0.2) is 49.1 Å². The van der Waals surface area contributed by atoms with Gasteiger partial charge < -0.3 is 10.6 Å². The molecule has 6 heteroatoms. The van der Waals surface area contributed by atoms with Crippen LogP contribution in [0.2, 0.25) is 0 Å². The maximum absolute atomic E-state index is 13.4. The molecule has 1 unspecified atom stereocenters. The molecule has 3 nitrogen and oxygen atoms in total. The summed E-state index contributed by atoms with van der Waals surface area (Å²) in [5.41, 5.74) is 6.17. The van der Waals surface area contributed by atoms with Gasteiger partial charge in [-0.1, -0.05) is 6.92 Å². The fraction of sp³-hybridized carbons (Fsp3) is 0.600. The Morgan fingerprint density at radius 2 is 1.67 bits per heavy atom. The summed E-state index contributed by atoms with van der Waals surface area (Å²) in [4.78, 5) is 4.47. The molecular weight excluding hydrogens is 279 g/mol. The van der Waals surface area contributed by atoms with Crippen molar-refractivity contribution in [1.82, 2.24) is 9.80 Å². The standard InChI is InChI=1S/C15H22F3N3/c1-2-3-20-4-6-21(7-5-20)14(10-19)11-8-12(16)15(18)13(17)9-11/h8-9,14H,2-7,10,19H2,1H3. The Balaban J connectivity index is 2.10. The minimum absolute atomic E-state index is 0.248. The van der Waals surface area contributed by atoms with Gasteiger partial charge in [-0.3, -0.25) is 4.90 Å². The lowest BCUT2D eigenvalue weighted by Gasteiger charge is -2.39. The van der Waals surface area contributed by atoms with E-state index in [1.165, 1.54) is 0 Å². The van der Waals surface area contributed by atoms with E-state index in [0.717, 1.165) is 51.3 Å². The van der Waals surface area contributed by atoms with Crippen molar-refractivity contribution in [2.45, 2.75) is 19.4 Å². The monoisotopic (exact) mass is 301 g/mol. The van der Waals surface area contributed by atoms with Gasteiger partial charge in [-0.05, 0) is 30.7 Å². The minimum atomic E-state index is -1.43. The zero-order valence-electron chi connectivity index (χ0n) is 12.3. The third-order valence-corrected chi connectivity index (χ3v) is 4.00. The molecule has 1 aromatic carbocycles. The first-order chi connectivity index (χ1) is 10.1. The first kappa shape index (κ1) is 16.3. The van der Waals surface area contributed by atoms with Crippen LogP contribution in [0.25, 0.3) is 0 Å². The quantitative estimate of drug-likeness (QED) is 0.846. The summed E-state index contributed by atoms with van der Waals surface area (Å²) in [6.45, 7) is 6.86. The number of halogens is 3. The fourth-order valence-corrected chi connectivity index (χ4v) is 2.88. The zero-order valence-corrected chi connectivity index (χ0v) is 12.3. The van der Waals surface area contributed by atoms with Crippen molar-refractivity contribution in [3.63, 3.8) is 0 Å². The molecule has 2 N–H and O–H groups in total. The van der Waals surface area contributed by atoms with Crippen molar-refractivity contribution < 1.29 is 13.2 Å². The summed E-state index contributed by atoms with van der Waals surface area (Å²) in [6.07, 6.45) is 1.11. The van der Waals surface area contributed by atoms with E-state index in [0.29, 0.717) is 5.56 Å². The molecule has 1 heterocycles. The summed E-state index contributed by atoms with van der Waals surface area (Å²) in [5.74, 6) is -3.75. The molecule has 1 aliphatic rings. The SMILES string of the molecule is CCCN1CCN(C(CN)c2cc(F)c(F)c(F)c2)CC1. The van der Waals surface area contributed by atoms with Crippen molar-refractivity contribution in [3.05, 3.63) is 35.1 Å². The van der Waals surface area contributed by atoms with Crippen molar-refractivity contribution >= 4 is 0 Å². The molecule has 0 saturated carbocycles. The molecule has 0 spiro atoms. The van der Waals surface area contributed by atoms with E-state index in [9.17, 15) is 13.2 Å². The predicted molar refractivity (Wildman–Crippen MR) is 76.4 cm³/mol. The van der Waals surface area contributed by atoms with Crippen LogP contribution in [0.1, 0.15) is 24.9 Å². The summed E-state index contributed by atoms with van der Waals surface area (Å²) >= 11 is 0. The molecule has 1 atom stereocenters. The van der Waals surface area contributed by atoms with Gasteiger partial charge in [0.05, 0.1) is 0 Å². The Kier molecular flexibility index (Phi) is 5.61. The van der Waals surface area contributed by atoms with E-state index in [1.807, 2.05) is 0 Å². The Bertz CT molecular complexity index is 450. The topological polar surface area (TPSA) is 32.5 Å². The summed E-state index contributed by atoms with van der Waals surface area (Å²) < 4.78 is 39.8. The van der Waals surface area contributed by atoms with Crippen molar-refractivity contribution in [3.8, 4) is 0 Å². The van der Waals surface area contributed by atoms with Crippen LogP contribution in [-0.2, 0) is 0 Å². The first-order valence-corrected chi connectivity index (χ1v) is 7.37. The highest BCUT2D eigenvalue weighted by Gasteiger charge is 2.25. The van der Waals surface area contributed by atoms with E-state index >= 15 is 0 Å². The highest BCUT2D eigenvalue weighted by Crippen LogP contribution is 2.24. The van der Waals surface area contributed by atoms with Crippen LogP contribution in [0.3, 0.4) is 0 Å².